The van der Waals surface area contributed by atoms with Gasteiger partial charge in [-0.3, -0.25) is 0 Å². The first kappa shape index (κ1) is 11.4. The molecular formula is C10H13ClFNO. The highest BCUT2D eigenvalue weighted by Gasteiger charge is 2.06. The van der Waals surface area contributed by atoms with Crippen molar-refractivity contribution in [3.05, 3.63) is 34.6 Å². The summed E-state index contributed by atoms with van der Waals surface area (Å²) in [6.45, 7) is 0.463. The van der Waals surface area contributed by atoms with Crippen LogP contribution >= 0.6 is 11.6 Å². The van der Waals surface area contributed by atoms with E-state index in [1.807, 2.05) is 0 Å². The van der Waals surface area contributed by atoms with Gasteiger partial charge in [0.05, 0.1) is 11.6 Å². The smallest absolute Gasteiger partial charge is 0.142 e. The monoisotopic (exact) mass is 217 g/mol. The molecule has 0 bridgehead atoms. The number of nitrogens with two attached hydrogens (primary N) is 1. The maximum atomic E-state index is 13.0. The molecule has 14 heavy (non-hydrogen) atoms. The fourth-order valence-electron chi connectivity index (χ4n) is 1.24. The van der Waals surface area contributed by atoms with Gasteiger partial charge in [0.15, 0.2) is 0 Å². The van der Waals surface area contributed by atoms with E-state index >= 15 is 0 Å². The Labute approximate surface area is 87.8 Å². The maximum Gasteiger partial charge on any atom is 0.142 e. The fraction of sp³-hybridized carbons (Fsp3) is 0.400. The van der Waals surface area contributed by atoms with Gasteiger partial charge in [0, 0.05) is 13.2 Å². The van der Waals surface area contributed by atoms with Crippen LogP contribution in [0.15, 0.2) is 18.2 Å². The largest absolute Gasteiger partial charge is 0.383 e. The van der Waals surface area contributed by atoms with Crippen LogP contribution in [0.1, 0.15) is 5.56 Å². The van der Waals surface area contributed by atoms with Crippen molar-refractivity contribution in [2.45, 2.75) is 12.5 Å². The van der Waals surface area contributed by atoms with Crippen molar-refractivity contribution >= 4 is 11.6 Å². The minimum atomic E-state index is -0.409. The summed E-state index contributed by atoms with van der Waals surface area (Å²) < 4.78 is 17.9. The third-order valence-corrected chi connectivity index (χ3v) is 2.17. The summed E-state index contributed by atoms with van der Waals surface area (Å²) in [6.07, 6.45) is 0.585. The Bertz CT molecular complexity index is 306. The van der Waals surface area contributed by atoms with E-state index in [0.29, 0.717) is 13.0 Å². The molecule has 0 fully saturated rings. The molecule has 2 nitrogen and oxygen atoms in total. The van der Waals surface area contributed by atoms with Gasteiger partial charge in [-0.1, -0.05) is 17.7 Å². The van der Waals surface area contributed by atoms with Crippen molar-refractivity contribution in [3.8, 4) is 0 Å². The van der Waals surface area contributed by atoms with E-state index in [9.17, 15) is 4.39 Å². The van der Waals surface area contributed by atoms with Crippen molar-refractivity contribution in [3.63, 3.8) is 0 Å². The van der Waals surface area contributed by atoms with Crippen molar-refractivity contribution in [1.82, 2.24) is 0 Å². The number of ether oxygens (including phenoxy) is 1. The maximum absolute atomic E-state index is 13.0. The number of rotatable bonds is 4. The zero-order valence-corrected chi connectivity index (χ0v) is 8.72. The molecule has 1 unspecified atom stereocenters. The Morgan fingerprint density at radius 1 is 1.57 bits per heavy atom. The summed E-state index contributed by atoms with van der Waals surface area (Å²) in [7, 11) is 1.59. The van der Waals surface area contributed by atoms with E-state index in [-0.39, 0.29) is 11.1 Å². The average Bonchev–Trinajstić information content (AvgIpc) is 2.12. The lowest BCUT2D eigenvalue weighted by atomic mass is 10.1. The molecule has 0 aliphatic heterocycles. The van der Waals surface area contributed by atoms with Gasteiger partial charge in [0.2, 0.25) is 0 Å². The molecule has 78 valence electrons. The molecule has 0 aliphatic rings. The molecule has 0 heterocycles. The van der Waals surface area contributed by atoms with Gasteiger partial charge in [-0.25, -0.2) is 4.39 Å². The van der Waals surface area contributed by atoms with Crippen LogP contribution in [-0.4, -0.2) is 19.8 Å². The van der Waals surface area contributed by atoms with E-state index in [4.69, 9.17) is 22.1 Å². The number of hydrogen-bond donors (Lipinski definition) is 1. The topological polar surface area (TPSA) is 35.2 Å². The van der Waals surface area contributed by atoms with Crippen LogP contribution in [0.5, 0.6) is 0 Å². The molecule has 1 aromatic rings. The van der Waals surface area contributed by atoms with E-state index in [2.05, 4.69) is 0 Å². The van der Waals surface area contributed by atoms with Crippen molar-refractivity contribution in [1.29, 1.82) is 0 Å². The van der Waals surface area contributed by atoms with Crippen LogP contribution < -0.4 is 5.73 Å². The normalized spacial score (nSPS) is 12.9. The molecule has 0 radical (unpaired) electrons. The first-order valence-corrected chi connectivity index (χ1v) is 4.69. The summed E-state index contributed by atoms with van der Waals surface area (Å²) >= 11 is 5.55. The Morgan fingerprint density at radius 2 is 2.29 bits per heavy atom. The number of halogens is 2. The third kappa shape index (κ3) is 3.25. The minimum absolute atomic E-state index is 0.111. The predicted molar refractivity (Wildman–Crippen MR) is 55.0 cm³/mol. The molecule has 0 aromatic heterocycles. The second-order valence-electron chi connectivity index (χ2n) is 3.17. The summed E-state index contributed by atoms with van der Waals surface area (Å²) in [5, 5.41) is 0.133. The van der Waals surface area contributed by atoms with Gasteiger partial charge in [-0.2, -0.15) is 0 Å². The lowest BCUT2D eigenvalue weighted by molar-refractivity contribution is 0.180. The van der Waals surface area contributed by atoms with Crippen LogP contribution in [0.4, 0.5) is 4.39 Å². The highest BCUT2D eigenvalue weighted by Crippen LogP contribution is 2.16. The third-order valence-electron chi connectivity index (χ3n) is 1.86. The zero-order chi connectivity index (χ0) is 10.6. The van der Waals surface area contributed by atoms with E-state index < -0.39 is 5.82 Å². The number of benzene rings is 1. The van der Waals surface area contributed by atoms with Gasteiger partial charge in [-0.05, 0) is 24.1 Å². The molecule has 1 rings (SSSR count). The Kier molecular flexibility index (Phi) is 4.32. The summed E-state index contributed by atoms with van der Waals surface area (Å²) in [4.78, 5) is 0. The van der Waals surface area contributed by atoms with Crippen molar-refractivity contribution in [2.24, 2.45) is 5.73 Å². The average molecular weight is 218 g/mol. The van der Waals surface area contributed by atoms with Gasteiger partial charge in [-0.15, -0.1) is 0 Å². The molecular weight excluding hydrogens is 205 g/mol. The number of methoxy groups -OCH3 is 1. The van der Waals surface area contributed by atoms with Crippen LogP contribution in [0.25, 0.3) is 0 Å². The highest BCUT2D eigenvalue weighted by molar-refractivity contribution is 6.30. The second kappa shape index (κ2) is 5.29. The Morgan fingerprint density at radius 3 is 2.86 bits per heavy atom. The molecule has 4 heteroatoms. The van der Waals surface area contributed by atoms with Gasteiger partial charge in [0.25, 0.3) is 0 Å². The molecule has 2 N–H and O–H groups in total. The quantitative estimate of drug-likeness (QED) is 0.837. The molecule has 0 amide bonds. The fourth-order valence-corrected chi connectivity index (χ4v) is 1.36. The molecule has 0 saturated carbocycles. The molecule has 0 spiro atoms. The highest BCUT2D eigenvalue weighted by atomic mass is 35.5. The Balaban J connectivity index is 2.63. The molecule has 1 aromatic carbocycles. The number of hydrogen-bond acceptors (Lipinski definition) is 2. The second-order valence-corrected chi connectivity index (χ2v) is 3.58. The lowest BCUT2D eigenvalue weighted by Crippen LogP contribution is -2.27. The van der Waals surface area contributed by atoms with E-state index in [1.54, 1.807) is 13.2 Å². The predicted octanol–water partition coefficient (Wildman–Crippen LogP) is 2.00. The van der Waals surface area contributed by atoms with Crippen LogP contribution in [0, 0.1) is 5.82 Å². The first-order chi connectivity index (χ1) is 6.63. The van der Waals surface area contributed by atoms with Crippen molar-refractivity contribution in [2.75, 3.05) is 13.7 Å². The van der Waals surface area contributed by atoms with E-state index in [1.165, 1.54) is 12.1 Å². The van der Waals surface area contributed by atoms with Crippen LogP contribution in [0.2, 0.25) is 5.02 Å². The summed E-state index contributed by atoms with van der Waals surface area (Å²) in [6, 6.07) is 4.59. The van der Waals surface area contributed by atoms with Gasteiger partial charge >= 0.3 is 0 Å². The standard InChI is InChI=1S/C10H13ClFNO/c1-14-6-8(13)4-7-2-3-9(11)10(12)5-7/h2-3,5,8H,4,6,13H2,1H3. The van der Waals surface area contributed by atoms with E-state index in [0.717, 1.165) is 5.56 Å². The lowest BCUT2D eigenvalue weighted by Gasteiger charge is -2.10. The Hall–Kier alpha value is -0.640. The zero-order valence-electron chi connectivity index (χ0n) is 7.97. The molecule has 0 saturated heterocycles. The minimum Gasteiger partial charge on any atom is -0.383 e. The first-order valence-electron chi connectivity index (χ1n) is 4.32. The SMILES string of the molecule is COCC(N)Cc1ccc(Cl)c(F)c1. The molecule has 0 aliphatic carbocycles. The van der Waals surface area contributed by atoms with Crippen LogP contribution in [-0.2, 0) is 11.2 Å². The van der Waals surface area contributed by atoms with Gasteiger partial charge < -0.3 is 10.5 Å². The summed E-state index contributed by atoms with van der Waals surface area (Å²) in [5.41, 5.74) is 6.55. The molecule has 1 atom stereocenters. The van der Waals surface area contributed by atoms with Crippen LogP contribution in [0.3, 0.4) is 0 Å². The van der Waals surface area contributed by atoms with Crippen molar-refractivity contribution < 1.29 is 9.13 Å². The summed E-state index contributed by atoms with van der Waals surface area (Å²) in [5.74, 6) is -0.409. The van der Waals surface area contributed by atoms with Gasteiger partial charge in [0.1, 0.15) is 5.82 Å².